The molecule has 1 amide bonds. The summed E-state index contributed by atoms with van der Waals surface area (Å²) in [5, 5.41) is 0. The van der Waals surface area contributed by atoms with Gasteiger partial charge in [-0.25, -0.2) is 0 Å². The van der Waals surface area contributed by atoms with E-state index >= 15 is 0 Å². The van der Waals surface area contributed by atoms with Crippen LogP contribution in [0.4, 0.5) is 0 Å². The molecule has 0 unspecified atom stereocenters. The van der Waals surface area contributed by atoms with Crippen molar-refractivity contribution in [3.8, 4) is 0 Å². The van der Waals surface area contributed by atoms with E-state index in [0.29, 0.717) is 6.04 Å². The minimum absolute atomic E-state index is 0.111. The van der Waals surface area contributed by atoms with Gasteiger partial charge in [-0.05, 0) is 26.2 Å². The minimum Gasteiger partial charge on any atom is -0.338 e. The Balaban J connectivity index is 2.46. The number of amides is 1. The lowest BCUT2D eigenvalue weighted by Gasteiger charge is -2.23. The molecule has 1 aliphatic carbocycles. The second-order valence-corrected chi connectivity index (χ2v) is 3.55. The van der Waals surface area contributed by atoms with Crippen molar-refractivity contribution >= 4 is 5.91 Å². The predicted octanol–water partition coefficient (Wildman–Crippen LogP) is 0.735. The Bertz CT molecular complexity index is 164. The lowest BCUT2D eigenvalue weighted by atomic mass is 10.3. The number of nitrogens with two attached hydrogens (primary N) is 1. The first-order chi connectivity index (χ1) is 5.66. The lowest BCUT2D eigenvalue weighted by Crippen LogP contribution is -2.43. The van der Waals surface area contributed by atoms with E-state index in [9.17, 15) is 4.79 Å². The van der Waals surface area contributed by atoms with Crippen molar-refractivity contribution in [2.45, 2.75) is 45.2 Å². The molecule has 0 aromatic carbocycles. The number of hydrogen-bond donors (Lipinski definition) is 1. The van der Waals surface area contributed by atoms with Crippen LogP contribution >= 0.6 is 0 Å². The largest absolute Gasteiger partial charge is 0.338 e. The zero-order chi connectivity index (χ0) is 9.14. The molecule has 2 N–H and O–H groups in total. The second-order valence-electron chi connectivity index (χ2n) is 3.55. The summed E-state index contributed by atoms with van der Waals surface area (Å²) in [4.78, 5) is 13.5. The van der Waals surface area contributed by atoms with E-state index < -0.39 is 0 Å². The monoisotopic (exact) mass is 170 g/mol. The van der Waals surface area contributed by atoms with Gasteiger partial charge in [-0.3, -0.25) is 4.79 Å². The number of carbonyl (C=O) groups excluding carboxylic acids is 1. The second kappa shape index (κ2) is 3.90. The first-order valence-corrected chi connectivity index (χ1v) is 4.73. The van der Waals surface area contributed by atoms with Gasteiger partial charge >= 0.3 is 0 Å². The van der Waals surface area contributed by atoms with Crippen molar-refractivity contribution in [3.05, 3.63) is 0 Å². The van der Waals surface area contributed by atoms with Crippen molar-refractivity contribution < 1.29 is 4.79 Å². The molecule has 1 rings (SSSR count). The van der Waals surface area contributed by atoms with Crippen LogP contribution in [-0.4, -0.2) is 29.4 Å². The fraction of sp³-hybridized carbons (Fsp3) is 0.889. The van der Waals surface area contributed by atoms with Gasteiger partial charge < -0.3 is 10.6 Å². The Morgan fingerprint density at radius 3 is 2.58 bits per heavy atom. The van der Waals surface area contributed by atoms with Gasteiger partial charge in [-0.1, -0.05) is 6.92 Å². The van der Waals surface area contributed by atoms with Gasteiger partial charge in [-0.2, -0.15) is 0 Å². The maximum absolute atomic E-state index is 11.5. The van der Waals surface area contributed by atoms with Crippen LogP contribution < -0.4 is 5.73 Å². The maximum Gasteiger partial charge on any atom is 0.239 e. The Hall–Kier alpha value is -0.570. The smallest absolute Gasteiger partial charge is 0.239 e. The van der Waals surface area contributed by atoms with Crippen LogP contribution in [0.3, 0.4) is 0 Å². The zero-order valence-corrected chi connectivity index (χ0v) is 7.92. The Labute approximate surface area is 73.9 Å². The van der Waals surface area contributed by atoms with Crippen molar-refractivity contribution in [2.75, 3.05) is 6.54 Å². The summed E-state index contributed by atoms with van der Waals surface area (Å²) in [7, 11) is 0. The average Bonchev–Trinajstić information content (AvgIpc) is 2.81. The van der Waals surface area contributed by atoms with Gasteiger partial charge in [0.25, 0.3) is 0 Å². The summed E-state index contributed by atoms with van der Waals surface area (Å²) < 4.78 is 0. The quantitative estimate of drug-likeness (QED) is 0.676. The van der Waals surface area contributed by atoms with Crippen LogP contribution in [0.2, 0.25) is 0 Å². The van der Waals surface area contributed by atoms with Crippen LogP contribution in [0.25, 0.3) is 0 Å². The highest BCUT2D eigenvalue weighted by atomic mass is 16.2. The molecule has 0 spiro atoms. The summed E-state index contributed by atoms with van der Waals surface area (Å²) in [6, 6.07) is 0.167. The molecule has 1 aliphatic rings. The molecule has 1 saturated carbocycles. The highest BCUT2D eigenvalue weighted by Gasteiger charge is 2.32. The molecule has 1 atom stereocenters. The Morgan fingerprint density at radius 1 is 1.67 bits per heavy atom. The maximum atomic E-state index is 11.5. The molecule has 1 fully saturated rings. The topological polar surface area (TPSA) is 46.3 Å². The van der Waals surface area contributed by atoms with Gasteiger partial charge in [0, 0.05) is 12.6 Å². The fourth-order valence-corrected chi connectivity index (χ4v) is 1.36. The first-order valence-electron chi connectivity index (χ1n) is 4.73. The van der Waals surface area contributed by atoms with Gasteiger partial charge in [0.05, 0.1) is 6.04 Å². The van der Waals surface area contributed by atoms with E-state index in [1.807, 2.05) is 4.90 Å². The van der Waals surface area contributed by atoms with E-state index in [1.54, 1.807) is 6.92 Å². The third kappa shape index (κ3) is 2.21. The molecular weight excluding hydrogens is 152 g/mol. The van der Waals surface area contributed by atoms with Gasteiger partial charge in [-0.15, -0.1) is 0 Å². The van der Waals surface area contributed by atoms with Gasteiger partial charge in [0.1, 0.15) is 0 Å². The number of hydrogen-bond acceptors (Lipinski definition) is 2. The van der Waals surface area contributed by atoms with E-state index in [0.717, 1.165) is 13.0 Å². The normalized spacial score (nSPS) is 18.9. The van der Waals surface area contributed by atoms with Crippen molar-refractivity contribution in [1.29, 1.82) is 0 Å². The molecule has 70 valence electrons. The van der Waals surface area contributed by atoms with Crippen molar-refractivity contribution in [3.63, 3.8) is 0 Å². The first kappa shape index (κ1) is 9.52. The molecule has 0 radical (unpaired) electrons. The molecule has 0 aromatic heterocycles. The van der Waals surface area contributed by atoms with Crippen LogP contribution in [0.1, 0.15) is 33.1 Å². The van der Waals surface area contributed by atoms with E-state index in [1.165, 1.54) is 12.8 Å². The fourth-order valence-electron chi connectivity index (χ4n) is 1.36. The number of rotatable bonds is 4. The van der Waals surface area contributed by atoms with Gasteiger partial charge in [0.15, 0.2) is 0 Å². The summed E-state index contributed by atoms with van der Waals surface area (Å²) in [5.41, 5.74) is 5.54. The number of nitrogens with zero attached hydrogens (tertiary/aromatic N) is 1. The summed E-state index contributed by atoms with van der Waals surface area (Å²) in [6.07, 6.45) is 3.35. The Kier molecular flexibility index (Phi) is 3.09. The molecule has 3 nitrogen and oxygen atoms in total. The van der Waals surface area contributed by atoms with Crippen molar-refractivity contribution in [1.82, 2.24) is 4.90 Å². The average molecular weight is 170 g/mol. The molecule has 3 heteroatoms. The molecule has 12 heavy (non-hydrogen) atoms. The lowest BCUT2D eigenvalue weighted by molar-refractivity contribution is -0.132. The van der Waals surface area contributed by atoms with Crippen LogP contribution in [0, 0.1) is 0 Å². The highest BCUT2D eigenvalue weighted by Crippen LogP contribution is 2.27. The van der Waals surface area contributed by atoms with E-state index in [2.05, 4.69) is 6.92 Å². The molecule has 0 heterocycles. The summed E-state index contributed by atoms with van der Waals surface area (Å²) in [6.45, 7) is 4.71. The van der Waals surface area contributed by atoms with Crippen LogP contribution in [-0.2, 0) is 4.79 Å². The third-order valence-corrected chi connectivity index (χ3v) is 2.12. The minimum atomic E-state index is -0.336. The van der Waals surface area contributed by atoms with Crippen LogP contribution in [0.5, 0.6) is 0 Å². The number of carbonyl (C=O) groups is 1. The zero-order valence-electron chi connectivity index (χ0n) is 7.92. The van der Waals surface area contributed by atoms with Crippen LogP contribution in [0.15, 0.2) is 0 Å². The molecular formula is C9H18N2O. The SMILES string of the molecule is CCCN(C(=O)[C@@H](C)N)C1CC1. The van der Waals surface area contributed by atoms with Crippen molar-refractivity contribution in [2.24, 2.45) is 5.73 Å². The third-order valence-electron chi connectivity index (χ3n) is 2.12. The molecule has 0 bridgehead atoms. The molecule has 0 aromatic rings. The Morgan fingerprint density at radius 2 is 2.25 bits per heavy atom. The van der Waals surface area contributed by atoms with E-state index in [-0.39, 0.29) is 11.9 Å². The summed E-state index contributed by atoms with van der Waals surface area (Å²) >= 11 is 0. The summed E-state index contributed by atoms with van der Waals surface area (Å²) in [5.74, 6) is 0.111. The molecule has 0 saturated heterocycles. The predicted molar refractivity (Wildman–Crippen MR) is 48.7 cm³/mol. The van der Waals surface area contributed by atoms with Gasteiger partial charge in [0.2, 0.25) is 5.91 Å². The highest BCUT2D eigenvalue weighted by molar-refractivity contribution is 5.81. The molecule has 0 aliphatic heterocycles. The standard InChI is InChI=1S/C9H18N2O/c1-3-6-11(8-4-5-8)9(12)7(2)10/h7-8H,3-6,10H2,1-2H3/t7-/m1/s1. The van der Waals surface area contributed by atoms with E-state index in [4.69, 9.17) is 5.73 Å².